The molecule has 0 fully saturated rings. The van der Waals surface area contributed by atoms with Crippen molar-refractivity contribution >= 4 is 0 Å². The summed E-state index contributed by atoms with van der Waals surface area (Å²) in [4.78, 5) is 0. The van der Waals surface area contributed by atoms with E-state index >= 15 is 0 Å². The van der Waals surface area contributed by atoms with Crippen LogP contribution in [0.4, 0.5) is 13.2 Å². The molecule has 1 aromatic rings. The molecule has 0 saturated heterocycles. The summed E-state index contributed by atoms with van der Waals surface area (Å²) in [5.41, 5.74) is -1.72. The third kappa shape index (κ3) is 2.46. The van der Waals surface area contributed by atoms with Gasteiger partial charge in [-0.25, -0.2) is 4.68 Å². The highest BCUT2D eigenvalue weighted by Crippen LogP contribution is 2.30. The van der Waals surface area contributed by atoms with Gasteiger partial charge in [-0.1, -0.05) is 18.6 Å². The number of nitrogens with zero attached hydrogens (tertiary/aromatic N) is 4. The van der Waals surface area contributed by atoms with Gasteiger partial charge < -0.3 is 0 Å². The quantitative estimate of drug-likeness (QED) is 0.779. The van der Waals surface area contributed by atoms with Crippen molar-refractivity contribution < 1.29 is 13.2 Å². The SMILES string of the molecule is CCCCn1nnc(C#N)c1C(F)(F)F. The maximum atomic E-state index is 12.5. The fraction of sp³-hybridized carbons (Fsp3) is 0.625. The van der Waals surface area contributed by atoms with Crippen LogP contribution in [0.25, 0.3) is 0 Å². The average Bonchev–Trinajstić information content (AvgIpc) is 2.56. The summed E-state index contributed by atoms with van der Waals surface area (Å²) in [6.07, 6.45) is -3.27. The number of unbranched alkanes of at least 4 members (excludes halogenated alkanes) is 1. The lowest BCUT2D eigenvalue weighted by molar-refractivity contribution is -0.144. The van der Waals surface area contributed by atoms with Crippen LogP contribution in [-0.4, -0.2) is 15.0 Å². The van der Waals surface area contributed by atoms with Crippen molar-refractivity contribution in [2.24, 2.45) is 0 Å². The first-order valence-electron chi connectivity index (χ1n) is 4.41. The number of hydrogen-bond donors (Lipinski definition) is 0. The van der Waals surface area contributed by atoms with Gasteiger partial charge in [0.05, 0.1) is 0 Å². The zero-order chi connectivity index (χ0) is 11.5. The van der Waals surface area contributed by atoms with Crippen molar-refractivity contribution in [1.29, 1.82) is 5.26 Å². The Labute approximate surface area is 84.3 Å². The lowest BCUT2D eigenvalue weighted by Gasteiger charge is -2.08. The second-order valence-electron chi connectivity index (χ2n) is 2.97. The van der Waals surface area contributed by atoms with Gasteiger partial charge in [0.2, 0.25) is 0 Å². The molecule has 0 spiro atoms. The summed E-state index contributed by atoms with van der Waals surface area (Å²) in [5.74, 6) is 0. The molecule has 0 saturated carbocycles. The van der Waals surface area contributed by atoms with Crippen molar-refractivity contribution in [3.8, 4) is 6.07 Å². The van der Waals surface area contributed by atoms with Crippen molar-refractivity contribution in [1.82, 2.24) is 15.0 Å². The fourth-order valence-corrected chi connectivity index (χ4v) is 1.13. The van der Waals surface area contributed by atoms with Crippen LogP contribution >= 0.6 is 0 Å². The predicted octanol–water partition coefficient (Wildman–Crippen LogP) is 1.97. The zero-order valence-electron chi connectivity index (χ0n) is 8.04. The molecular formula is C8H9F3N4. The number of hydrogen-bond acceptors (Lipinski definition) is 3. The van der Waals surface area contributed by atoms with Gasteiger partial charge in [0.1, 0.15) is 6.07 Å². The van der Waals surface area contributed by atoms with Crippen LogP contribution in [0.1, 0.15) is 31.2 Å². The standard InChI is InChI=1S/C8H9F3N4/c1-2-3-4-15-7(8(9,10)11)6(5-12)13-14-15/h2-4H2,1H3. The molecule has 0 amide bonds. The molecule has 1 heterocycles. The van der Waals surface area contributed by atoms with Crippen molar-refractivity contribution in [3.05, 3.63) is 11.4 Å². The first-order valence-corrected chi connectivity index (χ1v) is 4.41. The normalized spacial score (nSPS) is 11.4. The highest BCUT2D eigenvalue weighted by molar-refractivity contribution is 5.26. The van der Waals surface area contributed by atoms with E-state index in [1.54, 1.807) is 0 Å². The molecule has 82 valence electrons. The van der Waals surface area contributed by atoms with Crippen molar-refractivity contribution in [2.45, 2.75) is 32.5 Å². The highest BCUT2D eigenvalue weighted by atomic mass is 19.4. The van der Waals surface area contributed by atoms with Crippen LogP contribution in [0, 0.1) is 11.3 Å². The Hall–Kier alpha value is -1.58. The topological polar surface area (TPSA) is 54.5 Å². The van der Waals surface area contributed by atoms with E-state index in [2.05, 4.69) is 10.3 Å². The Morgan fingerprint density at radius 1 is 1.47 bits per heavy atom. The summed E-state index contributed by atoms with van der Waals surface area (Å²) in [6.45, 7) is 1.98. The Balaban J connectivity index is 3.08. The van der Waals surface area contributed by atoms with E-state index in [0.29, 0.717) is 6.42 Å². The Morgan fingerprint density at radius 2 is 2.13 bits per heavy atom. The van der Waals surface area contributed by atoms with Gasteiger partial charge in [0, 0.05) is 6.54 Å². The summed E-state index contributed by atoms with van der Waals surface area (Å²) < 4.78 is 38.3. The number of aromatic nitrogens is 3. The lowest BCUT2D eigenvalue weighted by Crippen LogP contribution is -2.16. The van der Waals surface area contributed by atoms with Gasteiger partial charge in [-0.3, -0.25) is 0 Å². The van der Waals surface area contributed by atoms with Gasteiger partial charge in [-0.05, 0) is 6.42 Å². The highest BCUT2D eigenvalue weighted by Gasteiger charge is 2.39. The van der Waals surface area contributed by atoms with E-state index in [1.165, 1.54) is 6.07 Å². The summed E-state index contributed by atoms with van der Waals surface area (Å²) in [7, 11) is 0. The van der Waals surface area contributed by atoms with Crippen LogP contribution in [0.5, 0.6) is 0 Å². The van der Waals surface area contributed by atoms with E-state index in [1.807, 2.05) is 6.92 Å². The molecular weight excluding hydrogens is 209 g/mol. The van der Waals surface area contributed by atoms with Crippen molar-refractivity contribution in [3.63, 3.8) is 0 Å². The van der Waals surface area contributed by atoms with Crippen LogP contribution in [0.2, 0.25) is 0 Å². The van der Waals surface area contributed by atoms with Gasteiger partial charge in [-0.15, -0.1) is 5.10 Å². The Kier molecular flexibility index (Phi) is 3.29. The number of alkyl halides is 3. The van der Waals surface area contributed by atoms with Gasteiger partial charge in [0.15, 0.2) is 11.4 Å². The number of halogens is 3. The molecule has 1 rings (SSSR count). The molecule has 4 nitrogen and oxygen atoms in total. The number of nitriles is 1. The van der Waals surface area contributed by atoms with Crippen LogP contribution in [0.3, 0.4) is 0 Å². The molecule has 15 heavy (non-hydrogen) atoms. The first kappa shape index (κ1) is 11.5. The molecule has 0 aliphatic carbocycles. The number of rotatable bonds is 3. The maximum absolute atomic E-state index is 12.5. The second-order valence-corrected chi connectivity index (χ2v) is 2.97. The third-order valence-electron chi connectivity index (χ3n) is 1.83. The summed E-state index contributed by atoms with van der Waals surface area (Å²) in [6, 6.07) is 1.38. The Bertz CT molecular complexity index is 374. The molecule has 7 heteroatoms. The van der Waals surface area contributed by atoms with E-state index in [-0.39, 0.29) is 6.54 Å². The lowest BCUT2D eigenvalue weighted by atomic mass is 10.3. The monoisotopic (exact) mass is 218 g/mol. The third-order valence-corrected chi connectivity index (χ3v) is 1.83. The van der Waals surface area contributed by atoms with Crippen molar-refractivity contribution in [2.75, 3.05) is 0 Å². The minimum Gasteiger partial charge on any atom is -0.239 e. The summed E-state index contributed by atoms with van der Waals surface area (Å²) >= 11 is 0. The minimum absolute atomic E-state index is 0.125. The molecule has 0 unspecified atom stereocenters. The fourth-order valence-electron chi connectivity index (χ4n) is 1.13. The largest absolute Gasteiger partial charge is 0.436 e. The molecule has 0 atom stereocenters. The predicted molar refractivity (Wildman–Crippen MR) is 44.6 cm³/mol. The molecule has 0 bridgehead atoms. The van der Waals surface area contributed by atoms with Crippen LogP contribution < -0.4 is 0 Å². The minimum atomic E-state index is -4.58. The van der Waals surface area contributed by atoms with E-state index in [9.17, 15) is 13.2 Å². The zero-order valence-corrected chi connectivity index (χ0v) is 8.04. The average molecular weight is 218 g/mol. The van der Waals surface area contributed by atoms with E-state index < -0.39 is 17.6 Å². The molecule has 0 radical (unpaired) electrons. The molecule has 0 aliphatic rings. The molecule has 0 aromatic carbocycles. The molecule has 0 aliphatic heterocycles. The van der Waals surface area contributed by atoms with E-state index in [0.717, 1.165) is 11.1 Å². The second kappa shape index (κ2) is 4.29. The first-order chi connectivity index (χ1) is 7.00. The maximum Gasteiger partial charge on any atom is 0.436 e. The molecule has 0 N–H and O–H groups in total. The van der Waals surface area contributed by atoms with Gasteiger partial charge in [0.25, 0.3) is 0 Å². The smallest absolute Gasteiger partial charge is 0.239 e. The molecule has 1 aromatic heterocycles. The van der Waals surface area contributed by atoms with Crippen LogP contribution in [-0.2, 0) is 12.7 Å². The van der Waals surface area contributed by atoms with Gasteiger partial charge in [-0.2, -0.15) is 18.4 Å². The summed E-state index contributed by atoms with van der Waals surface area (Å²) in [5, 5.41) is 15.0. The Morgan fingerprint density at radius 3 is 2.60 bits per heavy atom. The van der Waals surface area contributed by atoms with Gasteiger partial charge >= 0.3 is 6.18 Å². The van der Waals surface area contributed by atoms with E-state index in [4.69, 9.17) is 5.26 Å². The number of aryl methyl sites for hydroxylation is 1. The van der Waals surface area contributed by atoms with Crippen LogP contribution in [0.15, 0.2) is 0 Å².